The van der Waals surface area contributed by atoms with Crippen molar-refractivity contribution >= 4 is 139 Å². The molecular weight excluding hydrogens is 1770 g/mol. The van der Waals surface area contributed by atoms with Gasteiger partial charge in [-0.2, -0.15) is 0 Å². The normalized spacial score (nSPS) is 24.7. The maximum Gasteiger partial charge on any atom is 0.248 e. The number of para-hydroxylation sites is 1. The van der Waals surface area contributed by atoms with Crippen molar-refractivity contribution in [2.24, 2.45) is 23.1 Å². The third-order valence-electron chi connectivity index (χ3n) is 23.9. The molecular formula is C89H122N24O19S2. The molecule has 2 fully saturated rings. The Morgan fingerprint density at radius 2 is 1.22 bits per heavy atom. The van der Waals surface area contributed by atoms with Crippen molar-refractivity contribution < 1.29 is 92.0 Å². The number of thioether (sulfide) groups is 1. The van der Waals surface area contributed by atoms with Crippen molar-refractivity contribution in [1.29, 1.82) is 0 Å². The molecule has 45 heteroatoms. The number of aromatic amines is 2. The molecule has 0 unspecified atom stereocenters. The van der Waals surface area contributed by atoms with Crippen molar-refractivity contribution in [2.75, 3.05) is 58.4 Å². The molecule has 134 heavy (non-hydrogen) atoms. The summed E-state index contributed by atoms with van der Waals surface area (Å²) >= 11 is 2.19. The number of primary amides is 2. The number of hydrogen-bond acceptors (Lipinski definition) is 26. The maximum absolute atomic E-state index is 15.7. The first-order chi connectivity index (χ1) is 64.1. The topological polar surface area (TPSA) is 633 Å². The number of amides is 16. The predicted octanol–water partition coefficient (Wildman–Crippen LogP) is -1.65. The van der Waals surface area contributed by atoms with Gasteiger partial charge in [0.25, 0.3) is 0 Å². The number of unbranched alkanes of at least 4 members (excludes halogenated alkanes) is 2. The van der Waals surface area contributed by atoms with E-state index in [1.54, 1.807) is 44.3 Å². The number of rotatable bonds is 25. The Morgan fingerprint density at radius 3 is 1.90 bits per heavy atom. The summed E-state index contributed by atoms with van der Waals surface area (Å²) in [7, 11) is 2.63. The van der Waals surface area contributed by atoms with Crippen molar-refractivity contribution in [3.63, 3.8) is 0 Å². The number of benzene rings is 3. The Bertz CT molecular complexity index is 5300. The first kappa shape index (κ1) is 103. The fourth-order valence-corrected chi connectivity index (χ4v) is 18.4. The van der Waals surface area contributed by atoms with Gasteiger partial charge < -0.3 is 115 Å². The second-order valence-electron chi connectivity index (χ2n) is 34.4. The van der Waals surface area contributed by atoms with E-state index in [2.05, 4.69) is 83.6 Å². The number of hydrogen-bond donors (Lipinski definition) is 18. The van der Waals surface area contributed by atoms with Crippen LogP contribution in [0, 0.1) is 5.92 Å². The summed E-state index contributed by atoms with van der Waals surface area (Å²) in [6.45, 7) is 6.26. The van der Waals surface area contributed by atoms with Gasteiger partial charge in [0.15, 0.2) is 5.82 Å². The van der Waals surface area contributed by atoms with Gasteiger partial charge in [0.05, 0.1) is 43.8 Å². The highest BCUT2D eigenvalue weighted by atomic mass is 32.2. The van der Waals surface area contributed by atoms with Crippen LogP contribution in [0.5, 0.6) is 5.75 Å². The highest BCUT2D eigenvalue weighted by molar-refractivity contribution is 8.00. The number of aromatic nitrogens is 7. The van der Waals surface area contributed by atoms with E-state index in [1.807, 2.05) is 43.5 Å². The zero-order valence-electron chi connectivity index (χ0n) is 75.9. The molecule has 7 heterocycles. The quantitative estimate of drug-likeness (QED) is 0.0305. The number of aromatic hydroxyl groups is 1. The van der Waals surface area contributed by atoms with E-state index in [9.17, 15) is 58.5 Å². The van der Waals surface area contributed by atoms with Gasteiger partial charge in [-0.15, -0.1) is 28.2 Å². The molecule has 3 aliphatic heterocycles. The average Bonchev–Trinajstić information content (AvgIpc) is 1.59. The van der Waals surface area contributed by atoms with E-state index >= 15 is 33.6 Å². The molecule has 2 saturated heterocycles. The number of fused-ring (bicyclic) bond motifs is 5. The number of phenolic OH excluding ortho intramolecular Hbond substituents is 1. The first-order valence-electron chi connectivity index (χ1n) is 44.9. The zero-order chi connectivity index (χ0) is 97.1. The molecule has 16 amide bonds. The third kappa shape index (κ3) is 27.6. The predicted molar refractivity (Wildman–Crippen MR) is 492 cm³/mol. The summed E-state index contributed by atoms with van der Waals surface area (Å²) in [5, 5.41) is 76.2. The maximum atomic E-state index is 15.7. The van der Waals surface area contributed by atoms with Crippen molar-refractivity contribution in [3.05, 3.63) is 125 Å². The number of nitrogens with two attached hydrogens (primary N) is 3. The van der Waals surface area contributed by atoms with Crippen LogP contribution in [-0.2, 0) is 102 Å². The number of likely N-dealkylation sites (N-methyl/N-ethyl adjacent to an activating group) is 2. The minimum Gasteiger partial charge on any atom is -0.508 e. The molecule has 10 rings (SSSR count). The van der Waals surface area contributed by atoms with E-state index in [1.165, 1.54) is 78.7 Å². The summed E-state index contributed by atoms with van der Waals surface area (Å²) in [4.78, 5) is 249. The Labute approximate surface area is 781 Å². The molecule has 21 N–H and O–H groups in total. The standard InChI is InChI=1S/C89H122N24O19S2/c1-8-10-22-68-83(126)98-59(21-16-30-90)79(122)105-67(78(121)95-41-74(92)118)45-133-46-75(119)97-64(33-50-26-28-54(115)29-27-50)86(129)109(6)49(5)77(120)102-65(38-73(91)117)87(130)111-31-17-24-69(111)84(127)101-62(36-53-40-93-47-96-53)81(124)103-63(32-48(3)4)88(131)112-42-55(116)37-71(112)85(128)100-61(34-51-39-94-58-20-14-12-18-56(51)58)80(123)104-66(43-114)82(125)99-60(35-52-44-134-72-25-15-13-19-57(52)72)76-106-107-108-113(76)70(23-11-9-2)89(132)110(68)7/h12-15,18-20,25-29,39-40,44,47-49,55,59-71,94,114-116H,8-11,16-17,21-24,30-38,41-43,45-46,90H2,1-7H3,(H2,91,117)(H2,92,118)(H,93,96)(H,95,121)(H,97,119)(H,98,126)(H,99,125)(H,100,128)(H,101,127)(H,102,120)(H,103,124)(H,104,123)(H,105,122)/t49-,55+,59-,60-,61-,62-,63-,64-,65-,66-,67-,68-,69-,70-,71-/m0/s1. The summed E-state index contributed by atoms with van der Waals surface area (Å²) in [6.07, 6.45) is 2.91. The minimum absolute atomic E-state index is 0.00838. The van der Waals surface area contributed by atoms with Crippen LogP contribution < -0.4 is 70.4 Å². The molecule has 3 aliphatic rings. The first-order valence-corrected chi connectivity index (χ1v) is 46.9. The van der Waals surface area contributed by atoms with Crippen LogP contribution in [0.25, 0.3) is 21.0 Å². The van der Waals surface area contributed by atoms with Gasteiger partial charge in [-0.05, 0) is 126 Å². The van der Waals surface area contributed by atoms with Gasteiger partial charge in [-0.25, -0.2) is 9.67 Å². The third-order valence-corrected chi connectivity index (χ3v) is 26.0. The van der Waals surface area contributed by atoms with Crippen LogP contribution in [0.4, 0.5) is 0 Å². The highest BCUT2D eigenvalue weighted by Crippen LogP contribution is 2.33. The Hall–Kier alpha value is -13.0. The van der Waals surface area contributed by atoms with Gasteiger partial charge in [0.2, 0.25) is 94.5 Å². The molecule has 15 atom stereocenters. The largest absolute Gasteiger partial charge is 0.508 e. The lowest BCUT2D eigenvalue weighted by Crippen LogP contribution is -2.61. The second-order valence-corrected chi connectivity index (χ2v) is 36.3. The summed E-state index contributed by atoms with van der Waals surface area (Å²) in [5.41, 5.74) is 19.8. The lowest BCUT2D eigenvalue weighted by Gasteiger charge is -2.32. The van der Waals surface area contributed by atoms with E-state index in [-0.39, 0.29) is 108 Å². The monoisotopic (exact) mass is 1890 g/mol. The van der Waals surface area contributed by atoms with Crippen molar-refractivity contribution in [3.8, 4) is 5.75 Å². The molecule has 0 radical (unpaired) electrons. The van der Waals surface area contributed by atoms with Crippen LogP contribution in [0.1, 0.15) is 158 Å². The lowest BCUT2D eigenvalue weighted by molar-refractivity contribution is -0.145. The Balaban J connectivity index is 1.02. The van der Waals surface area contributed by atoms with Crippen LogP contribution in [0.15, 0.2) is 96.9 Å². The number of aliphatic hydroxyl groups is 2. The molecule has 43 nitrogen and oxygen atoms in total. The van der Waals surface area contributed by atoms with E-state index < -0.39 is 223 Å². The number of nitrogens with one attached hydrogen (secondary N) is 12. The number of carbonyl (C=O) groups is 16. The number of imidazole rings is 1. The summed E-state index contributed by atoms with van der Waals surface area (Å²) in [5.74, 6) is -16.2. The van der Waals surface area contributed by atoms with E-state index in [4.69, 9.17) is 17.2 Å². The Morgan fingerprint density at radius 1 is 0.604 bits per heavy atom. The van der Waals surface area contributed by atoms with Gasteiger partial charge in [-0.3, -0.25) is 76.7 Å². The smallest absolute Gasteiger partial charge is 0.248 e. The molecule has 724 valence electrons. The van der Waals surface area contributed by atoms with Crippen LogP contribution in [0.3, 0.4) is 0 Å². The molecule has 0 bridgehead atoms. The summed E-state index contributed by atoms with van der Waals surface area (Å²) in [6, 6.07) is -0.954. The minimum atomic E-state index is -1.81. The molecule has 4 aromatic heterocycles. The van der Waals surface area contributed by atoms with Gasteiger partial charge in [0.1, 0.15) is 84.3 Å². The molecule has 3 aromatic carbocycles. The Kier molecular flexibility index (Phi) is 37.8. The van der Waals surface area contributed by atoms with Crippen molar-refractivity contribution in [2.45, 2.75) is 234 Å². The van der Waals surface area contributed by atoms with Gasteiger partial charge >= 0.3 is 0 Å². The molecule has 0 spiro atoms. The molecule has 0 saturated carbocycles. The number of carbonyl (C=O) groups excluding carboxylic acids is 16. The van der Waals surface area contributed by atoms with Gasteiger partial charge in [0, 0.05) is 98.7 Å². The number of aliphatic hydroxyl groups excluding tert-OH is 2. The fraction of sp³-hybridized carbons (Fsp3) is 0.528. The fourth-order valence-electron chi connectivity index (χ4n) is 16.6. The van der Waals surface area contributed by atoms with Crippen LogP contribution >= 0.6 is 23.1 Å². The SMILES string of the molecule is CCCC[C@H]1C(=O)N[C@@H](CCCN)C(=O)N[C@H](C(=O)NCC(N)=O)CSCC(=O)N[C@@H](Cc2ccc(O)cc2)C(=O)N(C)[C@@H](C)C(=O)N[C@@H](CC(N)=O)C(=O)N2CCC[C@H]2C(=O)N[C@@H](Cc2cnc[nH]2)C(=O)N[C@@H](CC(C)C)C(=O)N2C[C@H](O)C[C@H]2C(=O)N[C@@H](Cc2c[nH]c3ccccc23)C(=O)N[C@@H](CO)C(=O)N[C@@H](Cc2csc3ccccc23)c2nnnn2[C@@H](CCCC)C(=O)N1C. The van der Waals surface area contributed by atoms with Crippen LogP contribution in [-0.4, -0.2) is 302 Å². The number of nitrogens with zero attached hydrogens (tertiary/aromatic N) is 9. The lowest BCUT2D eigenvalue weighted by atomic mass is 10.0. The average molecular weight is 1900 g/mol. The van der Waals surface area contributed by atoms with Crippen LogP contribution in [0.2, 0.25) is 0 Å². The second kappa shape index (κ2) is 49.1. The highest BCUT2D eigenvalue weighted by Gasteiger charge is 2.47. The van der Waals surface area contributed by atoms with Crippen molar-refractivity contribution in [1.82, 2.24) is 108 Å². The number of phenols is 1. The van der Waals surface area contributed by atoms with E-state index in [0.717, 1.165) is 36.5 Å². The van der Waals surface area contributed by atoms with Gasteiger partial charge in [-0.1, -0.05) is 102 Å². The molecule has 7 aromatic rings. The van der Waals surface area contributed by atoms with E-state index in [0.29, 0.717) is 59.0 Å². The number of tetrazole rings is 1. The number of thiophene rings is 1. The number of H-pyrrole nitrogens is 2. The summed E-state index contributed by atoms with van der Waals surface area (Å²) < 4.78 is 2.11. The zero-order valence-corrected chi connectivity index (χ0v) is 77.5. The molecule has 0 aliphatic carbocycles.